The number of esters is 1. The van der Waals surface area contributed by atoms with Gasteiger partial charge in [0.25, 0.3) is 5.69 Å². The lowest BCUT2D eigenvalue weighted by Crippen LogP contribution is -2.08. The molecule has 0 radical (unpaired) electrons. The molecule has 0 saturated carbocycles. The molecule has 0 amide bonds. The standard InChI is InChI=1S/C12H15NO6S2/c1-8-6-11(20-4-5-21(3,17)18)9(12(14)19-2)7-10(8)13(15)16/h6-7H,4-5H2,1-3H3. The molecule has 0 bridgehead atoms. The Kier molecular flexibility index (Phi) is 5.73. The number of hydrogen-bond acceptors (Lipinski definition) is 7. The van der Waals surface area contributed by atoms with Gasteiger partial charge in [0.05, 0.1) is 23.3 Å². The maximum Gasteiger partial charge on any atom is 0.339 e. The van der Waals surface area contributed by atoms with Crippen LogP contribution in [0.4, 0.5) is 5.69 Å². The number of thioether (sulfide) groups is 1. The number of nitrogens with zero attached hydrogens (tertiary/aromatic N) is 1. The summed E-state index contributed by atoms with van der Waals surface area (Å²) in [7, 11) is -1.93. The highest BCUT2D eigenvalue weighted by atomic mass is 32.2. The molecule has 1 rings (SSSR count). The Balaban J connectivity index is 3.14. The number of rotatable bonds is 6. The van der Waals surface area contributed by atoms with Crippen molar-refractivity contribution >= 4 is 33.3 Å². The van der Waals surface area contributed by atoms with Crippen LogP contribution in [-0.2, 0) is 14.6 Å². The molecule has 116 valence electrons. The van der Waals surface area contributed by atoms with Gasteiger partial charge in [-0.2, -0.15) is 0 Å². The molecule has 0 fully saturated rings. The van der Waals surface area contributed by atoms with Gasteiger partial charge >= 0.3 is 5.97 Å². The van der Waals surface area contributed by atoms with Crippen LogP contribution >= 0.6 is 11.8 Å². The van der Waals surface area contributed by atoms with Crippen LogP contribution in [0.3, 0.4) is 0 Å². The highest BCUT2D eigenvalue weighted by Gasteiger charge is 2.20. The summed E-state index contributed by atoms with van der Waals surface area (Å²) in [5.41, 5.74) is 0.283. The molecule has 0 N–H and O–H groups in total. The van der Waals surface area contributed by atoms with Crippen molar-refractivity contribution in [1.29, 1.82) is 0 Å². The van der Waals surface area contributed by atoms with E-state index in [1.165, 1.54) is 13.2 Å². The third kappa shape index (κ3) is 5.01. The number of carbonyl (C=O) groups is 1. The van der Waals surface area contributed by atoms with Crippen LogP contribution in [0.25, 0.3) is 0 Å². The Hall–Kier alpha value is -1.61. The zero-order chi connectivity index (χ0) is 16.2. The first-order valence-electron chi connectivity index (χ1n) is 5.83. The molecule has 0 atom stereocenters. The molecule has 0 aliphatic heterocycles. The molecule has 7 nitrogen and oxygen atoms in total. The summed E-state index contributed by atoms with van der Waals surface area (Å²) >= 11 is 1.15. The van der Waals surface area contributed by atoms with E-state index < -0.39 is 20.7 Å². The number of nitro benzene ring substituents is 1. The van der Waals surface area contributed by atoms with Crippen molar-refractivity contribution < 1.29 is 22.9 Å². The normalized spacial score (nSPS) is 11.2. The van der Waals surface area contributed by atoms with Crippen molar-refractivity contribution in [2.75, 3.05) is 24.9 Å². The SMILES string of the molecule is COC(=O)c1cc([N+](=O)[O-])c(C)cc1SCCS(C)(=O)=O. The lowest BCUT2D eigenvalue weighted by molar-refractivity contribution is -0.385. The smallest absolute Gasteiger partial charge is 0.339 e. The first kappa shape index (κ1) is 17.4. The van der Waals surface area contributed by atoms with E-state index in [9.17, 15) is 23.3 Å². The lowest BCUT2D eigenvalue weighted by atomic mass is 10.1. The Morgan fingerprint density at radius 1 is 1.43 bits per heavy atom. The predicted molar refractivity (Wildman–Crippen MR) is 79.6 cm³/mol. The third-order valence-corrected chi connectivity index (χ3v) is 4.87. The zero-order valence-electron chi connectivity index (χ0n) is 11.8. The van der Waals surface area contributed by atoms with Crippen molar-refractivity contribution in [3.63, 3.8) is 0 Å². The first-order valence-corrected chi connectivity index (χ1v) is 8.88. The van der Waals surface area contributed by atoms with Gasteiger partial charge in [-0.1, -0.05) is 0 Å². The Labute approximate surface area is 126 Å². The Morgan fingerprint density at radius 2 is 2.05 bits per heavy atom. The Morgan fingerprint density at radius 3 is 2.52 bits per heavy atom. The van der Waals surface area contributed by atoms with Gasteiger partial charge in [-0.15, -0.1) is 11.8 Å². The van der Waals surface area contributed by atoms with Crippen molar-refractivity contribution in [3.05, 3.63) is 33.4 Å². The molecule has 1 aromatic carbocycles. The van der Waals surface area contributed by atoms with E-state index in [-0.39, 0.29) is 22.8 Å². The molecule has 0 aromatic heterocycles. The topological polar surface area (TPSA) is 104 Å². The average Bonchev–Trinajstić information content (AvgIpc) is 2.36. The molecule has 1 aromatic rings. The van der Waals surface area contributed by atoms with Crippen molar-refractivity contribution in [3.8, 4) is 0 Å². The monoisotopic (exact) mass is 333 g/mol. The van der Waals surface area contributed by atoms with E-state index in [2.05, 4.69) is 4.74 Å². The number of sulfone groups is 1. The van der Waals surface area contributed by atoms with E-state index in [4.69, 9.17) is 0 Å². The van der Waals surface area contributed by atoms with Gasteiger partial charge in [0.2, 0.25) is 0 Å². The second kappa shape index (κ2) is 6.90. The molecule has 0 aliphatic rings. The van der Waals surface area contributed by atoms with Crippen LogP contribution in [-0.4, -0.2) is 44.2 Å². The first-order chi connectivity index (χ1) is 9.65. The summed E-state index contributed by atoms with van der Waals surface area (Å²) in [5.74, 6) is -0.492. The summed E-state index contributed by atoms with van der Waals surface area (Å²) in [4.78, 5) is 22.5. The molecule has 0 aliphatic carbocycles. The lowest BCUT2D eigenvalue weighted by Gasteiger charge is -2.09. The van der Waals surface area contributed by atoms with Crippen LogP contribution < -0.4 is 0 Å². The number of hydrogen-bond donors (Lipinski definition) is 0. The molecule has 9 heteroatoms. The van der Waals surface area contributed by atoms with E-state index in [0.29, 0.717) is 10.5 Å². The maximum atomic E-state index is 11.7. The highest BCUT2D eigenvalue weighted by molar-refractivity contribution is 8.00. The van der Waals surface area contributed by atoms with Gasteiger partial charge in [-0.25, -0.2) is 13.2 Å². The second-order valence-corrected chi connectivity index (χ2v) is 7.76. The van der Waals surface area contributed by atoms with E-state index in [1.807, 2.05) is 0 Å². The third-order valence-electron chi connectivity index (χ3n) is 2.61. The zero-order valence-corrected chi connectivity index (χ0v) is 13.4. The van der Waals surface area contributed by atoms with Crippen LogP contribution in [0.2, 0.25) is 0 Å². The fourth-order valence-corrected chi connectivity index (χ4v) is 3.88. The van der Waals surface area contributed by atoms with Crippen LogP contribution in [0.5, 0.6) is 0 Å². The van der Waals surface area contributed by atoms with E-state index in [1.54, 1.807) is 6.92 Å². The summed E-state index contributed by atoms with van der Waals surface area (Å²) in [6, 6.07) is 2.65. The highest BCUT2D eigenvalue weighted by Crippen LogP contribution is 2.30. The number of methoxy groups -OCH3 is 1. The molecular formula is C12H15NO6S2. The molecule has 0 unspecified atom stereocenters. The summed E-state index contributed by atoms with van der Waals surface area (Å²) < 4.78 is 26.8. The summed E-state index contributed by atoms with van der Waals surface area (Å²) in [6.45, 7) is 1.56. The fraction of sp³-hybridized carbons (Fsp3) is 0.417. The van der Waals surface area contributed by atoms with Gasteiger partial charge < -0.3 is 4.74 Å². The van der Waals surface area contributed by atoms with Gasteiger partial charge in [-0.05, 0) is 13.0 Å². The molecule has 21 heavy (non-hydrogen) atoms. The minimum Gasteiger partial charge on any atom is -0.465 e. The molecule has 0 heterocycles. The number of carbonyl (C=O) groups excluding carboxylic acids is 1. The minimum atomic E-state index is -3.11. The molecular weight excluding hydrogens is 318 g/mol. The quantitative estimate of drug-likeness (QED) is 0.338. The number of nitro groups is 1. The number of ether oxygens (including phenoxy) is 1. The second-order valence-electron chi connectivity index (χ2n) is 4.36. The predicted octanol–water partition coefficient (Wildman–Crippen LogP) is 1.83. The van der Waals surface area contributed by atoms with Gasteiger partial charge in [0.15, 0.2) is 0 Å². The molecule has 0 saturated heterocycles. The average molecular weight is 333 g/mol. The summed E-state index contributed by atoms with van der Waals surface area (Å²) in [5, 5.41) is 10.9. The number of benzene rings is 1. The van der Waals surface area contributed by atoms with Gasteiger partial charge in [0.1, 0.15) is 9.84 Å². The summed E-state index contributed by atoms with van der Waals surface area (Å²) in [6.07, 6.45) is 1.12. The van der Waals surface area contributed by atoms with Crippen molar-refractivity contribution in [2.45, 2.75) is 11.8 Å². The number of aryl methyl sites for hydroxylation is 1. The Bertz CT molecular complexity index is 669. The van der Waals surface area contributed by atoms with E-state index in [0.717, 1.165) is 24.1 Å². The van der Waals surface area contributed by atoms with Crippen LogP contribution in [0.15, 0.2) is 17.0 Å². The fourth-order valence-electron chi connectivity index (χ4n) is 1.56. The van der Waals surface area contributed by atoms with E-state index >= 15 is 0 Å². The molecule has 0 spiro atoms. The van der Waals surface area contributed by atoms with Gasteiger partial charge in [0, 0.05) is 28.5 Å². The van der Waals surface area contributed by atoms with Crippen molar-refractivity contribution in [2.24, 2.45) is 0 Å². The van der Waals surface area contributed by atoms with Crippen molar-refractivity contribution in [1.82, 2.24) is 0 Å². The maximum absolute atomic E-state index is 11.7. The van der Waals surface area contributed by atoms with Crippen LogP contribution in [0, 0.1) is 17.0 Å². The van der Waals surface area contributed by atoms with Gasteiger partial charge in [-0.3, -0.25) is 10.1 Å². The minimum absolute atomic E-state index is 0.0473. The largest absolute Gasteiger partial charge is 0.465 e. The van der Waals surface area contributed by atoms with Crippen LogP contribution in [0.1, 0.15) is 15.9 Å².